The van der Waals surface area contributed by atoms with Crippen molar-refractivity contribution in [1.29, 1.82) is 0 Å². The molecule has 4 saturated heterocycles. The first-order chi connectivity index (χ1) is 13.2. The quantitative estimate of drug-likeness (QED) is 0.863. The highest BCUT2D eigenvalue weighted by molar-refractivity contribution is 5.60. The Balaban J connectivity index is 1.40. The summed E-state index contributed by atoms with van der Waals surface area (Å²) in [5.41, 5.74) is 8.70. The molecule has 2 aromatic heterocycles. The van der Waals surface area contributed by atoms with E-state index < -0.39 is 0 Å². The Hall–Kier alpha value is -2.28. The van der Waals surface area contributed by atoms with E-state index in [2.05, 4.69) is 26.3 Å². The summed E-state index contributed by atoms with van der Waals surface area (Å²) in [4.78, 5) is 20.7. The molecule has 3 N–H and O–H groups in total. The van der Waals surface area contributed by atoms with Gasteiger partial charge in [0, 0.05) is 54.2 Å². The van der Waals surface area contributed by atoms with Crippen LogP contribution in [0.4, 0.5) is 11.9 Å². The molecule has 7 nitrogen and oxygen atoms in total. The van der Waals surface area contributed by atoms with Crippen LogP contribution >= 0.6 is 0 Å². The standard InChI is InChI=1S/C20H25N7/c21-19-22-8-13(9-23-19)18-7-17(12-5-14-1-2-15(6-12)24-14)25-20(26-18)27-10-11-3-16(27)4-11/h7-9,11-12,14-16,24H,1-6,10H2,(H2,21,22,23). The van der Waals surface area contributed by atoms with E-state index >= 15 is 0 Å². The van der Waals surface area contributed by atoms with E-state index in [4.69, 9.17) is 15.7 Å². The fourth-order valence-corrected chi connectivity index (χ4v) is 5.48. The van der Waals surface area contributed by atoms with Crippen molar-refractivity contribution in [3.63, 3.8) is 0 Å². The maximum absolute atomic E-state index is 5.67. The lowest BCUT2D eigenvalue weighted by atomic mass is 9.86. The zero-order valence-electron chi connectivity index (χ0n) is 15.4. The van der Waals surface area contributed by atoms with Crippen LogP contribution < -0.4 is 16.0 Å². The first-order valence-corrected chi connectivity index (χ1v) is 10.2. The molecule has 2 unspecified atom stereocenters. The second kappa shape index (κ2) is 5.86. The number of nitrogens with zero attached hydrogens (tertiary/aromatic N) is 5. The molecule has 0 amide bonds. The summed E-state index contributed by atoms with van der Waals surface area (Å²) in [7, 11) is 0. The van der Waals surface area contributed by atoms with Gasteiger partial charge in [-0.25, -0.2) is 19.9 Å². The summed E-state index contributed by atoms with van der Waals surface area (Å²) < 4.78 is 0. The van der Waals surface area contributed by atoms with Gasteiger partial charge in [0.05, 0.1) is 5.69 Å². The van der Waals surface area contributed by atoms with Crippen molar-refractivity contribution >= 4 is 11.9 Å². The van der Waals surface area contributed by atoms with Gasteiger partial charge in [0.25, 0.3) is 0 Å². The van der Waals surface area contributed by atoms with Crippen LogP contribution in [0.15, 0.2) is 18.5 Å². The van der Waals surface area contributed by atoms with Crippen LogP contribution in [0, 0.1) is 5.92 Å². The highest BCUT2D eigenvalue weighted by atomic mass is 15.3. The van der Waals surface area contributed by atoms with Crippen molar-refractivity contribution < 1.29 is 0 Å². The molecule has 1 saturated carbocycles. The molecule has 6 heterocycles. The Labute approximate surface area is 158 Å². The largest absolute Gasteiger partial charge is 0.368 e. The second-order valence-electron chi connectivity index (χ2n) is 8.76. The number of nitrogens with one attached hydrogen (secondary N) is 1. The fraction of sp³-hybridized carbons (Fsp3) is 0.600. The minimum absolute atomic E-state index is 0.295. The third-order valence-electron chi connectivity index (χ3n) is 6.96. The number of hydrogen-bond acceptors (Lipinski definition) is 7. The van der Waals surface area contributed by atoms with E-state index in [1.54, 1.807) is 12.4 Å². The van der Waals surface area contributed by atoms with E-state index in [1.807, 2.05) is 0 Å². The van der Waals surface area contributed by atoms with Crippen LogP contribution in [-0.4, -0.2) is 44.6 Å². The van der Waals surface area contributed by atoms with Gasteiger partial charge in [-0.15, -0.1) is 0 Å². The van der Waals surface area contributed by atoms with Crippen LogP contribution in [0.3, 0.4) is 0 Å². The van der Waals surface area contributed by atoms with E-state index in [1.165, 1.54) is 44.2 Å². The molecule has 2 aromatic rings. The molecule has 1 aliphatic carbocycles. The van der Waals surface area contributed by atoms with E-state index in [0.717, 1.165) is 29.7 Å². The zero-order chi connectivity index (χ0) is 18.0. The number of fused-ring (bicyclic) bond motifs is 3. The lowest BCUT2D eigenvalue weighted by Gasteiger charge is -2.30. The van der Waals surface area contributed by atoms with Gasteiger partial charge in [-0.1, -0.05) is 0 Å². The Morgan fingerprint density at radius 1 is 1.00 bits per heavy atom. The van der Waals surface area contributed by atoms with Crippen LogP contribution in [0.2, 0.25) is 0 Å². The number of rotatable bonds is 3. The summed E-state index contributed by atoms with van der Waals surface area (Å²) >= 11 is 0. The lowest BCUT2D eigenvalue weighted by Crippen LogP contribution is -2.37. The van der Waals surface area contributed by atoms with Crippen molar-refractivity contribution in [2.45, 2.75) is 62.6 Å². The van der Waals surface area contributed by atoms with Gasteiger partial charge in [0.1, 0.15) is 0 Å². The molecule has 4 bridgehead atoms. The van der Waals surface area contributed by atoms with Gasteiger partial charge >= 0.3 is 0 Å². The van der Waals surface area contributed by atoms with Gasteiger partial charge in [0.15, 0.2) is 0 Å². The number of piperidine rings is 1. The molecule has 5 fully saturated rings. The molecule has 140 valence electrons. The minimum Gasteiger partial charge on any atom is -0.368 e. The van der Waals surface area contributed by atoms with Crippen LogP contribution in [0.1, 0.15) is 50.1 Å². The molecule has 4 aliphatic heterocycles. The van der Waals surface area contributed by atoms with Crippen molar-refractivity contribution in [2.24, 2.45) is 5.92 Å². The molecular formula is C20H25N7. The Kier molecular flexibility index (Phi) is 3.42. The summed E-state index contributed by atoms with van der Waals surface area (Å²) in [6, 6.07) is 4.09. The summed E-state index contributed by atoms with van der Waals surface area (Å²) in [6.45, 7) is 1.10. The number of nitrogen functional groups attached to an aromatic ring is 1. The van der Waals surface area contributed by atoms with Gasteiger partial charge < -0.3 is 16.0 Å². The first-order valence-electron chi connectivity index (χ1n) is 10.2. The molecule has 0 radical (unpaired) electrons. The molecule has 7 rings (SSSR count). The van der Waals surface area contributed by atoms with E-state index in [9.17, 15) is 0 Å². The van der Waals surface area contributed by atoms with Gasteiger partial charge in [-0.3, -0.25) is 0 Å². The van der Waals surface area contributed by atoms with Crippen molar-refractivity contribution in [3.8, 4) is 11.3 Å². The highest BCUT2D eigenvalue weighted by Gasteiger charge is 2.44. The number of anilines is 2. The first kappa shape index (κ1) is 15.7. The summed E-state index contributed by atoms with van der Waals surface area (Å²) in [6.07, 6.45) is 11.1. The third-order valence-corrected chi connectivity index (χ3v) is 6.96. The summed E-state index contributed by atoms with van der Waals surface area (Å²) in [5.74, 6) is 2.54. The zero-order valence-corrected chi connectivity index (χ0v) is 15.4. The van der Waals surface area contributed by atoms with E-state index in [0.29, 0.717) is 30.0 Å². The second-order valence-corrected chi connectivity index (χ2v) is 8.76. The van der Waals surface area contributed by atoms with E-state index in [-0.39, 0.29) is 0 Å². The van der Waals surface area contributed by atoms with Crippen molar-refractivity contribution in [3.05, 3.63) is 24.2 Å². The maximum atomic E-state index is 5.67. The Morgan fingerprint density at radius 3 is 2.41 bits per heavy atom. The smallest absolute Gasteiger partial charge is 0.226 e. The Bertz CT molecular complexity index is 849. The topological polar surface area (TPSA) is 92.8 Å². The predicted octanol–water partition coefficient (Wildman–Crippen LogP) is 2.11. The maximum Gasteiger partial charge on any atom is 0.226 e. The molecule has 0 aromatic carbocycles. The minimum atomic E-state index is 0.295. The number of hydrogen-bond donors (Lipinski definition) is 2. The molecule has 7 heteroatoms. The average molecular weight is 363 g/mol. The predicted molar refractivity (Wildman–Crippen MR) is 103 cm³/mol. The normalized spacial score (nSPS) is 33.9. The molecular weight excluding hydrogens is 338 g/mol. The van der Waals surface area contributed by atoms with Gasteiger partial charge in [-0.05, 0) is 50.5 Å². The van der Waals surface area contributed by atoms with Gasteiger partial charge in [0.2, 0.25) is 11.9 Å². The Morgan fingerprint density at radius 2 is 1.74 bits per heavy atom. The monoisotopic (exact) mass is 363 g/mol. The number of nitrogens with two attached hydrogens (primary N) is 1. The molecule has 2 atom stereocenters. The molecule has 0 spiro atoms. The van der Waals surface area contributed by atoms with Crippen LogP contribution in [-0.2, 0) is 0 Å². The fourth-order valence-electron chi connectivity index (χ4n) is 5.48. The highest BCUT2D eigenvalue weighted by Crippen LogP contribution is 2.43. The lowest BCUT2D eigenvalue weighted by molar-refractivity contribution is 0.358. The van der Waals surface area contributed by atoms with Crippen molar-refractivity contribution in [2.75, 3.05) is 17.2 Å². The van der Waals surface area contributed by atoms with Crippen LogP contribution in [0.25, 0.3) is 11.3 Å². The molecule has 27 heavy (non-hydrogen) atoms. The average Bonchev–Trinajstić information content (AvgIpc) is 3.36. The van der Waals surface area contributed by atoms with Gasteiger partial charge in [-0.2, -0.15) is 0 Å². The van der Waals surface area contributed by atoms with Crippen molar-refractivity contribution in [1.82, 2.24) is 25.3 Å². The summed E-state index contributed by atoms with van der Waals surface area (Å²) in [5, 5.41) is 3.74. The SMILES string of the molecule is Nc1ncc(-c2cc(C3CC4CCC(C3)N4)nc(N3CC4CC3C4)n2)cn1. The molecule has 5 aliphatic rings. The number of aromatic nitrogens is 4. The van der Waals surface area contributed by atoms with Crippen LogP contribution in [0.5, 0.6) is 0 Å². The third kappa shape index (κ3) is 2.67.